The molecule has 0 amide bonds. The second kappa shape index (κ2) is 7.59. The van der Waals surface area contributed by atoms with Gasteiger partial charge >= 0.3 is 0 Å². The van der Waals surface area contributed by atoms with Crippen molar-refractivity contribution in [3.63, 3.8) is 0 Å². The number of hydrogen-bond acceptors (Lipinski definition) is 6. The Kier molecular flexibility index (Phi) is 5.46. The van der Waals surface area contributed by atoms with Crippen LogP contribution in [0.2, 0.25) is 0 Å². The first-order valence-electron chi connectivity index (χ1n) is 8.54. The van der Waals surface area contributed by atoms with Gasteiger partial charge in [0.1, 0.15) is 5.82 Å². The van der Waals surface area contributed by atoms with E-state index in [-0.39, 0.29) is 18.0 Å². The van der Waals surface area contributed by atoms with Crippen molar-refractivity contribution in [3.8, 4) is 11.4 Å². The van der Waals surface area contributed by atoms with Gasteiger partial charge in [0.15, 0.2) is 0 Å². The van der Waals surface area contributed by atoms with Gasteiger partial charge in [0.25, 0.3) is 0 Å². The van der Waals surface area contributed by atoms with E-state index >= 15 is 0 Å². The van der Waals surface area contributed by atoms with Crippen LogP contribution in [0.3, 0.4) is 0 Å². The van der Waals surface area contributed by atoms with E-state index in [1.807, 2.05) is 21.0 Å². The van der Waals surface area contributed by atoms with Crippen molar-refractivity contribution in [1.82, 2.24) is 19.9 Å². The van der Waals surface area contributed by atoms with Crippen LogP contribution in [0.4, 0.5) is 4.39 Å². The van der Waals surface area contributed by atoms with E-state index in [4.69, 9.17) is 9.26 Å². The molecule has 0 aliphatic carbocycles. The quantitative estimate of drug-likeness (QED) is 0.828. The van der Waals surface area contributed by atoms with E-state index in [1.54, 1.807) is 19.1 Å². The fraction of sp³-hybridized carbons (Fsp3) is 0.556. The van der Waals surface area contributed by atoms with E-state index in [9.17, 15) is 4.39 Å². The Morgan fingerprint density at radius 1 is 1.40 bits per heavy atom. The van der Waals surface area contributed by atoms with Crippen molar-refractivity contribution < 1.29 is 13.7 Å². The lowest BCUT2D eigenvalue weighted by atomic mass is 10.1. The van der Waals surface area contributed by atoms with Gasteiger partial charge in [-0.15, -0.1) is 0 Å². The molecule has 1 aliphatic heterocycles. The number of aromatic nitrogens is 2. The molecule has 0 bridgehead atoms. The van der Waals surface area contributed by atoms with Crippen molar-refractivity contribution in [3.05, 3.63) is 35.5 Å². The molecule has 0 saturated carbocycles. The number of halogens is 1. The van der Waals surface area contributed by atoms with Crippen LogP contribution in [0.25, 0.3) is 11.4 Å². The largest absolute Gasteiger partial charge is 0.374 e. The normalized spacial score (nSPS) is 20.2. The van der Waals surface area contributed by atoms with Crippen LogP contribution in [0, 0.1) is 12.7 Å². The van der Waals surface area contributed by atoms with Crippen molar-refractivity contribution in [2.45, 2.75) is 26.0 Å². The molecule has 1 saturated heterocycles. The van der Waals surface area contributed by atoms with Gasteiger partial charge in [-0.1, -0.05) is 17.3 Å². The lowest BCUT2D eigenvalue weighted by Gasteiger charge is -2.36. The van der Waals surface area contributed by atoms with Gasteiger partial charge in [-0.05, 0) is 39.6 Å². The maximum absolute atomic E-state index is 13.8. The molecule has 0 N–H and O–H groups in total. The van der Waals surface area contributed by atoms with Gasteiger partial charge in [0, 0.05) is 25.2 Å². The van der Waals surface area contributed by atoms with Crippen molar-refractivity contribution in [2.75, 3.05) is 40.3 Å². The predicted octanol–water partition coefficient (Wildman–Crippen LogP) is 2.51. The Morgan fingerprint density at radius 3 is 2.92 bits per heavy atom. The number of hydrogen-bond donors (Lipinski definition) is 0. The topological polar surface area (TPSA) is 54.6 Å². The summed E-state index contributed by atoms with van der Waals surface area (Å²) in [4.78, 5) is 8.88. The first kappa shape index (κ1) is 18.0. The van der Waals surface area contributed by atoms with Gasteiger partial charge in [-0.2, -0.15) is 4.98 Å². The molecule has 25 heavy (non-hydrogen) atoms. The highest BCUT2D eigenvalue weighted by atomic mass is 19.1. The van der Waals surface area contributed by atoms with E-state index in [0.717, 1.165) is 19.6 Å². The minimum absolute atomic E-state index is 0.00916. The smallest absolute Gasteiger partial charge is 0.244 e. The van der Waals surface area contributed by atoms with Gasteiger partial charge < -0.3 is 14.2 Å². The average Bonchev–Trinajstić information content (AvgIpc) is 3.06. The van der Waals surface area contributed by atoms with E-state index < -0.39 is 0 Å². The molecule has 136 valence electrons. The summed E-state index contributed by atoms with van der Waals surface area (Å²) in [5.41, 5.74) is 1.22. The number of nitrogens with zero attached hydrogens (tertiary/aromatic N) is 4. The monoisotopic (exact) mass is 348 g/mol. The molecule has 3 rings (SSSR count). The number of ether oxygens (including phenoxy) is 1. The first-order valence-corrected chi connectivity index (χ1v) is 8.54. The Hall–Kier alpha value is -1.83. The third kappa shape index (κ3) is 4.23. The molecule has 6 nitrogen and oxygen atoms in total. The molecule has 1 aromatic carbocycles. The van der Waals surface area contributed by atoms with Crippen LogP contribution < -0.4 is 0 Å². The number of rotatable bonds is 5. The maximum atomic E-state index is 13.8. The minimum atomic E-state index is -0.267. The third-order valence-corrected chi connectivity index (χ3v) is 4.52. The van der Waals surface area contributed by atoms with E-state index in [1.165, 1.54) is 6.07 Å². The highest BCUT2D eigenvalue weighted by Gasteiger charge is 2.28. The fourth-order valence-corrected chi connectivity index (χ4v) is 3.02. The van der Waals surface area contributed by atoms with Gasteiger partial charge in [-0.25, -0.2) is 4.39 Å². The molecule has 2 heterocycles. The first-order chi connectivity index (χ1) is 11.9. The molecule has 1 aromatic heterocycles. The van der Waals surface area contributed by atoms with Gasteiger partial charge in [-0.3, -0.25) is 4.90 Å². The van der Waals surface area contributed by atoms with Crippen LogP contribution in [-0.4, -0.2) is 66.4 Å². The number of benzene rings is 1. The zero-order valence-electron chi connectivity index (χ0n) is 15.2. The zero-order valence-corrected chi connectivity index (χ0v) is 15.2. The minimum Gasteiger partial charge on any atom is -0.374 e. The second-order valence-corrected chi connectivity index (χ2v) is 6.85. The molecule has 1 fully saturated rings. The summed E-state index contributed by atoms with van der Waals surface area (Å²) in [6.07, 6.45) is 0.166. The maximum Gasteiger partial charge on any atom is 0.244 e. The van der Waals surface area contributed by atoms with E-state index in [0.29, 0.717) is 29.4 Å². The second-order valence-electron chi connectivity index (χ2n) is 6.85. The number of morpholine rings is 1. The predicted molar refractivity (Wildman–Crippen MR) is 92.7 cm³/mol. The molecule has 2 aromatic rings. The summed E-state index contributed by atoms with van der Waals surface area (Å²) in [7, 11) is 4.08. The Morgan fingerprint density at radius 2 is 2.20 bits per heavy atom. The average molecular weight is 348 g/mol. The Labute approximate surface area is 147 Å². The SMILES string of the molecule is Cc1ccc(-c2noc([C@H](C)N3CCO[C@@H](CN(C)C)C3)n2)cc1F. The fourth-order valence-electron chi connectivity index (χ4n) is 3.02. The standard InChI is InChI=1S/C18H25FN4O2/c1-12-5-6-14(9-16(12)19)17-20-18(25-21-17)13(2)23-7-8-24-15(11-23)10-22(3)4/h5-6,9,13,15H,7-8,10-11H2,1-4H3/t13-,15-/m0/s1. The molecule has 2 atom stereocenters. The Balaban J connectivity index is 1.71. The van der Waals surface area contributed by atoms with Crippen molar-refractivity contribution >= 4 is 0 Å². The number of aryl methyl sites for hydroxylation is 1. The molecule has 0 spiro atoms. The van der Waals surface area contributed by atoms with Gasteiger partial charge in [0.05, 0.1) is 18.8 Å². The summed E-state index contributed by atoms with van der Waals surface area (Å²) in [5.74, 6) is 0.692. The molecule has 0 unspecified atom stereocenters. The summed E-state index contributed by atoms with van der Waals surface area (Å²) in [6, 6.07) is 4.96. The summed E-state index contributed by atoms with van der Waals surface area (Å²) in [6.45, 7) is 6.97. The van der Waals surface area contributed by atoms with Gasteiger partial charge in [0.2, 0.25) is 11.7 Å². The highest BCUT2D eigenvalue weighted by molar-refractivity contribution is 5.54. The van der Waals surface area contributed by atoms with Crippen LogP contribution in [0.15, 0.2) is 22.7 Å². The number of likely N-dealkylation sites (N-methyl/N-ethyl adjacent to an activating group) is 1. The van der Waals surface area contributed by atoms with Crippen LogP contribution >= 0.6 is 0 Å². The molecule has 0 radical (unpaired) electrons. The molecule has 7 heteroatoms. The van der Waals surface area contributed by atoms with Crippen molar-refractivity contribution in [2.24, 2.45) is 0 Å². The van der Waals surface area contributed by atoms with Crippen LogP contribution in [-0.2, 0) is 4.74 Å². The lowest BCUT2D eigenvalue weighted by molar-refractivity contribution is -0.0533. The summed E-state index contributed by atoms with van der Waals surface area (Å²) in [5, 5.41) is 4.02. The van der Waals surface area contributed by atoms with Crippen LogP contribution in [0.1, 0.15) is 24.4 Å². The Bertz CT molecular complexity index is 719. The highest BCUT2D eigenvalue weighted by Crippen LogP contribution is 2.25. The molecular formula is C18H25FN4O2. The van der Waals surface area contributed by atoms with Crippen molar-refractivity contribution in [1.29, 1.82) is 0 Å². The lowest BCUT2D eigenvalue weighted by Crippen LogP contribution is -2.47. The summed E-state index contributed by atoms with van der Waals surface area (Å²) < 4.78 is 25.0. The van der Waals surface area contributed by atoms with E-state index in [2.05, 4.69) is 19.9 Å². The van der Waals surface area contributed by atoms with Crippen LogP contribution in [0.5, 0.6) is 0 Å². The third-order valence-electron chi connectivity index (χ3n) is 4.52. The molecule has 1 aliphatic rings. The molecular weight excluding hydrogens is 323 g/mol. The summed E-state index contributed by atoms with van der Waals surface area (Å²) >= 11 is 0. The zero-order chi connectivity index (χ0) is 18.0.